The van der Waals surface area contributed by atoms with E-state index >= 15 is 0 Å². The molecule has 0 aliphatic rings. The van der Waals surface area contributed by atoms with E-state index in [9.17, 15) is 5.26 Å². The van der Waals surface area contributed by atoms with E-state index in [0.717, 1.165) is 11.1 Å². The Labute approximate surface area is 262 Å². The van der Waals surface area contributed by atoms with Crippen LogP contribution in [0.2, 0.25) is 15.1 Å². The highest BCUT2D eigenvalue weighted by Crippen LogP contribution is 2.38. The second-order valence-corrected chi connectivity index (χ2v) is 10.9. The van der Waals surface area contributed by atoms with Gasteiger partial charge in [0.2, 0.25) is 0 Å². The second kappa shape index (κ2) is 12.6. The van der Waals surface area contributed by atoms with Crippen LogP contribution in [0, 0.1) is 11.3 Å². The number of ether oxygens (including phenoxy) is 1. The minimum absolute atomic E-state index is 0.340. The molecular weight excluding hydrogens is 605 g/mol. The van der Waals surface area contributed by atoms with Crippen LogP contribution < -0.4 is 15.4 Å². The Bertz CT molecular complexity index is 1930. The molecule has 3 N–H and O–H groups in total. The molecule has 212 valence electrons. The van der Waals surface area contributed by atoms with Crippen molar-refractivity contribution < 1.29 is 4.74 Å². The largest absolute Gasteiger partial charge is 0.487 e. The lowest BCUT2D eigenvalue weighted by atomic mass is 10.0. The van der Waals surface area contributed by atoms with Crippen molar-refractivity contribution in [2.24, 2.45) is 0 Å². The van der Waals surface area contributed by atoms with Crippen molar-refractivity contribution in [3.05, 3.63) is 135 Å². The summed E-state index contributed by atoms with van der Waals surface area (Å²) >= 11 is 19.4. The highest BCUT2D eigenvalue weighted by atomic mass is 35.5. The van der Waals surface area contributed by atoms with Gasteiger partial charge in [0.1, 0.15) is 24.1 Å². The summed E-state index contributed by atoms with van der Waals surface area (Å²) in [7, 11) is 0. The van der Waals surface area contributed by atoms with Crippen molar-refractivity contribution in [2.45, 2.75) is 12.6 Å². The van der Waals surface area contributed by atoms with Gasteiger partial charge in [0.15, 0.2) is 0 Å². The normalized spacial score (nSPS) is 11.6. The van der Waals surface area contributed by atoms with E-state index in [4.69, 9.17) is 39.5 Å². The molecule has 0 radical (unpaired) electrons. The Morgan fingerprint density at radius 1 is 0.930 bits per heavy atom. The Balaban J connectivity index is 1.34. The number of aromatic amines is 1. The Hall–Kier alpha value is -4.81. The Morgan fingerprint density at radius 3 is 2.47 bits per heavy atom. The van der Waals surface area contributed by atoms with Gasteiger partial charge in [0, 0.05) is 33.5 Å². The van der Waals surface area contributed by atoms with Crippen molar-refractivity contribution in [2.75, 3.05) is 10.6 Å². The van der Waals surface area contributed by atoms with Crippen molar-refractivity contribution in [1.29, 1.82) is 5.26 Å². The number of nitriles is 1. The smallest absolute Gasteiger partial charge is 0.138 e. The molecule has 0 fully saturated rings. The van der Waals surface area contributed by atoms with Crippen LogP contribution in [-0.2, 0) is 6.61 Å². The number of fused-ring (bicyclic) bond motifs is 1. The number of pyridine rings is 1. The Morgan fingerprint density at radius 2 is 1.74 bits per heavy atom. The summed E-state index contributed by atoms with van der Waals surface area (Å²) < 4.78 is 5.92. The van der Waals surface area contributed by atoms with E-state index in [2.05, 4.69) is 37.1 Å². The SMILES string of the molecule is N#Cc1cnc2c(N[C@@H](c3ccc(Cl)cc3)c3c[nH]nn3)cc(Cl)cc2c1Nc1ccc(OCc2ccccc2)c(Cl)c1. The number of rotatable bonds is 9. The maximum atomic E-state index is 9.96. The highest BCUT2D eigenvalue weighted by Gasteiger charge is 2.21. The quantitative estimate of drug-likeness (QED) is 0.147. The predicted molar refractivity (Wildman–Crippen MR) is 170 cm³/mol. The summed E-state index contributed by atoms with van der Waals surface area (Å²) in [4.78, 5) is 4.63. The zero-order chi connectivity index (χ0) is 29.8. The summed E-state index contributed by atoms with van der Waals surface area (Å²) in [6, 6.07) is 28.0. The molecule has 6 aromatic rings. The van der Waals surface area contributed by atoms with Gasteiger partial charge in [-0.3, -0.25) is 10.1 Å². The standard InChI is InChI=1S/C32H22Cl3N7O/c33-22-8-6-20(7-9-22)31(28-17-38-42-41-28)40-27-13-23(34)12-25-30(21(15-36)16-37-32(25)27)39-24-10-11-29(26(35)14-24)43-18-19-4-2-1-3-5-19/h1-14,16-17,31,40H,18H2,(H,37,39)(H,38,41,42)/t31-/m0/s1. The Kier molecular flexibility index (Phi) is 8.29. The summed E-state index contributed by atoms with van der Waals surface area (Å²) in [5, 5.41) is 29.8. The van der Waals surface area contributed by atoms with Crippen molar-refractivity contribution >= 4 is 62.8 Å². The molecule has 8 nitrogen and oxygen atoms in total. The molecular formula is C32H22Cl3N7O. The van der Waals surface area contributed by atoms with E-state index in [0.29, 0.717) is 66.6 Å². The molecule has 11 heteroatoms. The first-order chi connectivity index (χ1) is 21.0. The minimum Gasteiger partial charge on any atom is -0.487 e. The van der Waals surface area contributed by atoms with Crippen molar-refractivity contribution in [1.82, 2.24) is 20.4 Å². The number of nitrogens with zero attached hydrogens (tertiary/aromatic N) is 4. The lowest BCUT2D eigenvalue weighted by Gasteiger charge is -2.21. The van der Waals surface area contributed by atoms with E-state index in [1.807, 2.05) is 60.7 Å². The van der Waals surface area contributed by atoms with Crippen LogP contribution in [0.5, 0.6) is 5.75 Å². The summed E-state index contributed by atoms with van der Waals surface area (Å²) in [6.07, 6.45) is 3.24. The van der Waals surface area contributed by atoms with Crippen LogP contribution in [0.4, 0.5) is 17.1 Å². The molecule has 0 aliphatic carbocycles. The molecule has 2 heterocycles. The fourth-order valence-electron chi connectivity index (χ4n) is 4.66. The summed E-state index contributed by atoms with van der Waals surface area (Å²) in [6.45, 7) is 0.389. The molecule has 0 unspecified atom stereocenters. The number of aromatic nitrogens is 4. The third-order valence-electron chi connectivity index (χ3n) is 6.73. The minimum atomic E-state index is -0.395. The fraction of sp³-hybridized carbons (Fsp3) is 0.0625. The molecule has 0 saturated carbocycles. The molecule has 0 amide bonds. The van der Waals surface area contributed by atoms with Gasteiger partial charge in [0.25, 0.3) is 0 Å². The number of benzene rings is 4. The lowest BCUT2D eigenvalue weighted by Crippen LogP contribution is -2.13. The van der Waals surface area contributed by atoms with Crippen LogP contribution in [0.1, 0.15) is 28.4 Å². The molecule has 4 aromatic carbocycles. The van der Waals surface area contributed by atoms with Gasteiger partial charge in [-0.15, -0.1) is 5.10 Å². The van der Waals surface area contributed by atoms with Gasteiger partial charge < -0.3 is 15.4 Å². The topological polar surface area (TPSA) is 112 Å². The van der Waals surface area contributed by atoms with Gasteiger partial charge in [-0.25, -0.2) is 0 Å². The van der Waals surface area contributed by atoms with Crippen LogP contribution >= 0.6 is 34.8 Å². The number of halogens is 3. The van der Waals surface area contributed by atoms with Gasteiger partial charge in [-0.05, 0) is 53.6 Å². The highest BCUT2D eigenvalue weighted by molar-refractivity contribution is 6.33. The lowest BCUT2D eigenvalue weighted by molar-refractivity contribution is 0.306. The van der Waals surface area contributed by atoms with E-state index in [-0.39, 0.29) is 0 Å². The second-order valence-electron chi connectivity index (χ2n) is 9.58. The van der Waals surface area contributed by atoms with Crippen molar-refractivity contribution in [3.63, 3.8) is 0 Å². The first-order valence-electron chi connectivity index (χ1n) is 13.1. The zero-order valence-electron chi connectivity index (χ0n) is 22.4. The van der Waals surface area contributed by atoms with Gasteiger partial charge in [-0.1, -0.05) is 82.5 Å². The number of anilines is 3. The summed E-state index contributed by atoms with van der Waals surface area (Å²) in [5.41, 5.74) is 5.38. The average molecular weight is 627 g/mol. The maximum absolute atomic E-state index is 9.96. The predicted octanol–water partition coefficient (Wildman–Crippen LogP) is 8.71. The molecule has 0 aliphatic heterocycles. The third-order valence-corrected chi connectivity index (χ3v) is 7.50. The van der Waals surface area contributed by atoms with Gasteiger partial charge in [0.05, 0.1) is 33.5 Å². The van der Waals surface area contributed by atoms with Crippen LogP contribution in [-0.4, -0.2) is 20.4 Å². The average Bonchev–Trinajstić information content (AvgIpc) is 3.55. The monoisotopic (exact) mass is 625 g/mol. The van der Waals surface area contributed by atoms with Crippen LogP contribution in [0.15, 0.2) is 97.3 Å². The molecule has 2 aromatic heterocycles. The number of nitrogens with one attached hydrogen (secondary N) is 3. The fourth-order valence-corrected chi connectivity index (χ4v) is 5.24. The first-order valence-corrected chi connectivity index (χ1v) is 14.3. The first kappa shape index (κ1) is 28.3. The van der Waals surface area contributed by atoms with Crippen LogP contribution in [0.25, 0.3) is 10.9 Å². The van der Waals surface area contributed by atoms with Gasteiger partial charge >= 0.3 is 0 Å². The van der Waals surface area contributed by atoms with E-state index in [1.165, 1.54) is 6.20 Å². The van der Waals surface area contributed by atoms with Crippen LogP contribution in [0.3, 0.4) is 0 Å². The summed E-state index contributed by atoms with van der Waals surface area (Å²) in [5.74, 6) is 0.548. The van der Waals surface area contributed by atoms with E-state index in [1.54, 1.807) is 30.5 Å². The molecule has 0 saturated heterocycles. The zero-order valence-corrected chi connectivity index (χ0v) is 24.6. The third kappa shape index (κ3) is 6.35. The maximum Gasteiger partial charge on any atom is 0.138 e. The molecule has 6 rings (SSSR count). The number of hydrogen-bond acceptors (Lipinski definition) is 7. The molecule has 0 spiro atoms. The molecule has 1 atom stereocenters. The van der Waals surface area contributed by atoms with Gasteiger partial charge in [-0.2, -0.15) is 5.26 Å². The number of H-pyrrole nitrogens is 1. The number of hydrogen-bond donors (Lipinski definition) is 3. The molecule has 43 heavy (non-hydrogen) atoms. The van der Waals surface area contributed by atoms with Crippen molar-refractivity contribution in [3.8, 4) is 11.8 Å². The molecule has 0 bridgehead atoms. The van der Waals surface area contributed by atoms with E-state index < -0.39 is 6.04 Å².